The van der Waals surface area contributed by atoms with Crippen LogP contribution in [0.2, 0.25) is 0 Å². The second kappa shape index (κ2) is 10.1. The van der Waals surface area contributed by atoms with Gasteiger partial charge in [0.2, 0.25) is 5.91 Å². The Morgan fingerprint density at radius 3 is 2.44 bits per heavy atom. The van der Waals surface area contributed by atoms with E-state index in [0.717, 1.165) is 37.0 Å². The maximum absolute atomic E-state index is 12.4. The van der Waals surface area contributed by atoms with E-state index in [1.165, 1.54) is 52.1 Å². The number of hydrogen-bond donors (Lipinski definition) is 3. The van der Waals surface area contributed by atoms with Crippen LogP contribution in [0.1, 0.15) is 91.4 Å². The van der Waals surface area contributed by atoms with Crippen molar-refractivity contribution in [2.75, 3.05) is 13.7 Å². The zero-order valence-electron chi connectivity index (χ0n) is 21.7. The monoisotopic (exact) mass is 477 g/mol. The summed E-state index contributed by atoms with van der Waals surface area (Å²) in [4.78, 5) is 24.1. The number of hydrogen-bond acceptors (Lipinski definition) is 5. The van der Waals surface area contributed by atoms with Crippen molar-refractivity contribution in [2.24, 2.45) is 46.3 Å². The van der Waals surface area contributed by atoms with Crippen LogP contribution in [0.5, 0.6) is 0 Å². The number of fused-ring (bicyclic) bond motifs is 5. The number of nitrogens with one attached hydrogen (secondary N) is 1. The molecule has 0 saturated heterocycles. The number of rotatable bonds is 7. The summed E-state index contributed by atoms with van der Waals surface area (Å²) in [7, 11) is 1.26. The normalized spacial score (nSPS) is 43.1. The molecule has 4 rings (SSSR count). The Kier molecular flexibility index (Phi) is 7.69. The van der Waals surface area contributed by atoms with Crippen LogP contribution in [0.25, 0.3) is 0 Å². The van der Waals surface area contributed by atoms with Crippen LogP contribution in [0.15, 0.2) is 0 Å². The molecule has 0 aromatic carbocycles. The summed E-state index contributed by atoms with van der Waals surface area (Å²) in [5.41, 5.74) is 0.766. The quantitative estimate of drug-likeness (QED) is 0.480. The highest BCUT2D eigenvalue weighted by Crippen LogP contribution is 2.68. The maximum Gasteiger partial charge on any atom is 0.330 e. The Morgan fingerprint density at radius 2 is 1.74 bits per heavy atom. The molecule has 0 heterocycles. The SMILES string of the molecule is COC(=O)[C@H](CO)NC(=O)CC[C@@H](C)[C@H]1CC[C@H]2[C@@H]3CC[C@@H]4C[C@H](O)CC[C@]4(C)[C@H]3CC[C@]12C. The van der Waals surface area contributed by atoms with E-state index in [1.54, 1.807) is 0 Å². The summed E-state index contributed by atoms with van der Waals surface area (Å²) in [5, 5.41) is 22.3. The van der Waals surface area contributed by atoms with Crippen molar-refractivity contribution in [2.45, 2.75) is 104 Å². The minimum atomic E-state index is -0.978. The van der Waals surface area contributed by atoms with Crippen LogP contribution < -0.4 is 5.32 Å². The smallest absolute Gasteiger partial charge is 0.330 e. The Balaban J connectivity index is 1.37. The number of methoxy groups -OCH3 is 1. The number of aliphatic hydroxyl groups excluding tert-OH is 2. The molecule has 0 aromatic heterocycles. The Morgan fingerprint density at radius 1 is 1.03 bits per heavy atom. The van der Waals surface area contributed by atoms with Crippen molar-refractivity contribution >= 4 is 11.9 Å². The number of esters is 1. The Labute approximate surface area is 205 Å². The molecule has 0 unspecified atom stereocenters. The molecule has 0 bridgehead atoms. The summed E-state index contributed by atoms with van der Waals surface area (Å²) in [6.45, 7) is 6.95. The van der Waals surface area contributed by atoms with Crippen molar-refractivity contribution in [1.82, 2.24) is 5.32 Å². The highest BCUT2D eigenvalue weighted by atomic mass is 16.5. The first-order valence-electron chi connectivity index (χ1n) is 13.8. The van der Waals surface area contributed by atoms with Crippen LogP contribution in [-0.4, -0.2) is 48.0 Å². The topological polar surface area (TPSA) is 95.9 Å². The van der Waals surface area contributed by atoms with Gasteiger partial charge in [0, 0.05) is 6.42 Å². The molecule has 4 aliphatic carbocycles. The van der Waals surface area contributed by atoms with E-state index < -0.39 is 18.6 Å². The maximum atomic E-state index is 12.4. The second-order valence-electron chi connectivity index (χ2n) is 12.7. The molecule has 3 N–H and O–H groups in total. The number of amides is 1. The largest absolute Gasteiger partial charge is 0.467 e. The summed E-state index contributed by atoms with van der Waals surface area (Å²) in [6, 6.07) is -0.978. The molecular weight excluding hydrogens is 430 g/mol. The minimum absolute atomic E-state index is 0.0855. The van der Waals surface area contributed by atoms with Crippen LogP contribution in [0, 0.1) is 46.3 Å². The first kappa shape index (κ1) is 25.9. The lowest BCUT2D eigenvalue weighted by Crippen LogP contribution is -2.54. The average Bonchev–Trinajstić information content (AvgIpc) is 3.18. The Hall–Kier alpha value is -1.14. The van der Waals surface area contributed by atoms with Gasteiger partial charge in [-0.15, -0.1) is 0 Å². The van der Waals surface area contributed by atoms with Gasteiger partial charge in [-0.25, -0.2) is 4.79 Å². The standard InChI is InChI=1S/C28H47NO5/c1-17(5-10-25(32)29-24(16-30)26(33)34-4)21-8-9-22-20-7-6-18-15-19(31)11-13-27(18,2)23(20)12-14-28(21,22)3/h17-24,30-31H,5-16H2,1-4H3,(H,29,32)/t17-,18-,19-,20+,21-,22+,23+,24+,27+,28-/m1/s1. The van der Waals surface area contributed by atoms with Gasteiger partial charge in [-0.1, -0.05) is 20.8 Å². The summed E-state index contributed by atoms with van der Waals surface area (Å²) in [6.07, 6.45) is 12.1. The number of carbonyl (C=O) groups excluding carboxylic acids is 2. The van der Waals surface area contributed by atoms with Gasteiger partial charge < -0.3 is 20.3 Å². The van der Waals surface area contributed by atoms with Crippen molar-refractivity contribution in [1.29, 1.82) is 0 Å². The van der Waals surface area contributed by atoms with Crippen molar-refractivity contribution < 1.29 is 24.5 Å². The van der Waals surface area contributed by atoms with Gasteiger partial charge in [0.1, 0.15) is 0 Å². The highest BCUT2D eigenvalue weighted by molar-refractivity contribution is 5.84. The molecule has 0 aliphatic heterocycles. The van der Waals surface area contributed by atoms with E-state index in [0.29, 0.717) is 35.0 Å². The van der Waals surface area contributed by atoms with E-state index in [9.17, 15) is 19.8 Å². The number of carbonyl (C=O) groups is 2. The zero-order chi connectivity index (χ0) is 24.7. The van der Waals surface area contributed by atoms with Crippen molar-refractivity contribution in [3.05, 3.63) is 0 Å². The van der Waals surface area contributed by atoms with Crippen molar-refractivity contribution in [3.63, 3.8) is 0 Å². The van der Waals surface area contributed by atoms with Gasteiger partial charge in [0.15, 0.2) is 6.04 Å². The molecule has 6 nitrogen and oxygen atoms in total. The fourth-order valence-corrected chi connectivity index (χ4v) is 9.36. The van der Waals surface area contributed by atoms with E-state index in [-0.39, 0.29) is 12.0 Å². The van der Waals surface area contributed by atoms with Gasteiger partial charge in [0.25, 0.3) is 0 Å². The Bertz CT molecular complexity index is 757. The van der Waals surface area contributed by atoms with Gasteiger partial charge in [-0.3, -0.25) is 4.79 Å². The van der Waals surface area contributed by atoms with Crippen LogP contribution in [0.3, 0.4) is 0 Å². The average molecular weight is 478 g/mol. The molecule has 10 atom stereocenters. The molecule has 1 amide bonds. The lowest BCUT2D eigenvalue weighted by atomic mass is 9.44. The van der Waals surface area contributed by atoms with E-state index >= 15 is 0 Å². The number of aliphatic hydroxyl groups is 2. The predicted molar refractivity (Wildman–Crippen MR) is 131 cm³/mol. The van der Waals surface area contributed by atoms with Gasteiger partial charge >= 0.3 is 5.97 Å². The lowest BCUT2D eigenvalue weighted by Gasteiger charge is -2.61. The van der Waals surface area contributed by atoms with E-state index in [2.05, 4.69) is 30.8 Å². The lowest BCUT2D eigenvalue weighted by molar-refractivity contribution is -0.146. The molecule has 6 heteroatoms. The summed E-state index contributed by atoms with van der Waals surface area (Å²) in [5.74, 6) is 3.41. The second-order valence-corrected chi connectivity index (χ2v) is 12.7. The fraction of sp³-hybridized carbons (Fsp3) is 0.929. The predicted octanol–water partition coefficient (Wildman–Crippen LogP) is 4.07. The number of ether oxygens (including phenoxy) is 1. The van der Waals surface area contributed by atoms with Gasteiger partial charge in [0.05, 0.1) is 19.8 Å². The molecular formula is C28H47NO5. The van der Waals surface area contributed by atoms with Crippen LogP contribution in [-0.2, 0) is 14.3 Å². The molecule has 0 aromatic rings. The van der Waals surface area contributed by atoms with E-state index in [4.69, 9.17) is 0 Å². The van der Waals surface area contributed by atoms with Crippen molar-refractivity contribution in [3.8, 4) is 0 Å². The van der Waals surface area contributed by atoms with E-state index in [1.807, 2.05) is 0 Å². The molecule has 0 spiro atoms. The third-order valence-corrected chi connectivity index (χ3v) is 11.2. The third kappa shape index (κ3) is 4.54. The molecule has 34 heavy (non-hydrogen) atoms. The van der Waals surface area contributed by atoms with Gasteiger partial charge in [-0.2, -0.15) is 0 Å². The zero-order valence-corrected chi connectivity index (χ0v) is 21.7. The highest BCUT2D eigenvalue weighted by Gasteiger charge is 2.60. The summed E-state index contributed by atoms with van der Waals surface area (Å²) < 4.78 is 4.65. The first-order chi connectivity index (χ1) is 16.1. The molecule has 194 valence electrons. The molecule has 4 fully saturated rings. The molecule has 4 aliphatic rings. The minimum Gasteiger partial charge on any atom is -0.467 e. The van der Waals surface area contributed by atoms with Gasteiger partial charge in [-0.05, 0) is 111 Å². The van der Waals surface area contributed by atoms with Crippen LogP contribution in [0.4, 0.5) is 0 Å². The van der Waals surface area contributed by atoms with Crippen LogP contribution >= 0.6 is 0 Å². The first-order valence-corrected chi connectivity index (χ1v) is 13.8. The molecule has 0 radical (unpaired) electrons. The third-order valence-electron chi connectivity index (χ3n) is 11.2. The fourth-order valence-electron chi connectivity index (χ4n) is 9.36. The molecule has 4 saturated carbocycles. The summed E-state index contributed by atoms with van der Waals surface area (Å²) >= 11 is 0.